The molecular formula is C12H14ClFO2. The Kier molecular flexibility index (Phi) is 4.90. The zero-order valence-corrected chi connectivity index (χ0v) is 10.1. The third-order valence-corrected chi connectivity index (χ3v) is 2.45. The van der Waals surface area contributed by atoms with Crippen LogP contribution in [-0.2, 0) is 4.74 Å². The molecule has 0 radical (unpaired) electrons. The van der Waals surface area contributed by atoms with E-state index >= 15 is 0 Å². The van der Waals surface area contributed by atoms with E-state index < -0.39 is 5.82 Å². The van der Waals surface area contributed by atoms with E-state index in [-0.39, 0.29) is 23.7 Å². The minimum atomic E-state index is -0.567. The van der Waals surface area contributed by atoms with Gasteiger partial charge in [-0.2, -0.15) is 0 Å². The first-order valence-corrected chi connectivity index (χ1v) is 5.39. The first-order valence-electron chi connectivity index (χ1n) is 5.01. The summed E-state index contributed by atoms with van der Waals surface area (Å²) in [5, 5.41) is 0.291. The van der Waals surface area contributed by atoms with Gasteiger partial charge in [-0.3, -0.25) is 4.79 Å². The lowest BCUT2D eigenvalue weighted by Crippen LogP contribution is -2.11. The van der Waals surface area contributed by atoms with Gasteiger partial charge in [-0.1, -0.05) is 18.5 Å². The molecule has 2 nitrogen and oxygen atoms in total. The average molecular weight is 245 g/mol. The molecule has 1 unspecified atom stereocenters. The van der Waals surface area contributed by atoms with Crippen molar-refractivity contribution in [3.63, 3.8) is 0 Å². The van der Waals surface area contributed by atoms with Crippen molar-refractivity contribution < 1.29 is 13.9 Å². The second-order valence-corrected chi connectivity index (χ2v) is 4.25. The zero-order chi connectivity index (χ0) is 12.1. The van der Waals surface area contributed by atoms with Crippen LogP contribution in [0.2, 0.25) is 5.02 Å². The lowest BCUT2D eigenvalue weighted by atomic mass is 10.00. The molecule has 0 aromatic heterocycles. The molecule has 0 saturated carbocycles. The quantitative estimate of drug-likeness (QED) is 0.743. The Balaban J connectivity index is 2.73. The highest BCUT2D eigenvalue weighted by molar-refractivity contribution is 6.30. The van der Waals surface area contributed by atoms with Crippen molar-refractivity contribution in [2.24, 2.45) is 5.92 Å². The van der Waals surface area contributed by atoms with Crippen molar-refractivity contribution in [3.05, 3.63) is 34.6 Å². The summed E-state index contributed by atoms with van der Waals surface area (Å²) < 4.78 is 18.3. The van der Waals surface area contributed by atoms with E-state index in [4.69, 9.17) is 16.3 Å². The zero-order valence-electron chi connectivity index (χ0n) is 9.30. The number of Topliss-reactive ketones (excluding diaryl/α,β-unsaturated/α-hetero) is 1. The topological polar surface area (TPSA) is 26.3 Å². The van der Waals surface area contributed by atoms with E-state index in [2.05, 4.69) is 0 Å². The summed E-state index contributed by atoms with van der Waals surface area (Å²) in [5.74, 6) is -0.714. The van der Waals surface area contributed by atoms with Gasteiger partial charge < -0.3 is 4.74 Å². The van der Waals surface area contributed by atoms with Crippen LogP contribution >= 0.6 is 11.6 Å². The normalized spacial score (nSPS) is 12.5. The Morgan fingerprint density at radius 1 is 1.56 bits per heavy atom. The predicted molar refractivity (Wildman–Crippen MR) is 61.4 cm³/mol. The van der Waals surface area contributed by atoms with Crippen molar-refractivity contribution in [1.82, 2.24) is 0 Å². The van der Waals surface area contributed by atoms with Crippen molar-refractivity contribution in [2.45, 2.75) is 13.3 Å². The largest absolute Gasteiger partial charge is 0.384 e. The number of halogens is 2. The number of rotatable bonds is 5. The number of hydrogen-bond donors (Lipinski definition) is 0. The average Bonchev–Trinajstić information content (AvgIpc) is 2.17. The molecule has 0 spiro atoms. The molecule has 0 heterocycles. The number of ketones is 1. The molecule has 4 heteroatoms. The fourth-order valence-electron chi connectivity index (χ4n) is 1.49. The molecule has 88 valence electrons. The molecule has 1 aromatic carbocycles. The maximum absolute atomic E-state index is 13.4. The van der Waals surface area contributed by atoms with E-state index in [9.17, 15) is 9.18 Å². The SMILES string of the molecule is COCC(C)CC(=O)c1ccc(Cl)cc1F. The van der Waals surface area contributed by atoms with Gasteiger partial charge in [0.25, 0.3) is 0 Å². The summed E-state index contributed by atoms with van der Waals surface area (Å²) in [4.78, 5) is 11.7. The smallest absolute Gasteiger partial charge is 0.166 e. The third kappa shape index (κ3) is 3.58. The van der Waals surface area contributed by atoms with Crippen LogP contribution in [0.25, 0.3) is 0 Å². The molecule has 1 atom stereocenters. The molecule has 0 aliphatic heterocycles. The summed E-state index contributed by atoms with van der Waals surface area (Å²) in [6.45, 7) is 2.37. The van der Waals surface area contributed by atoms with Crippen molar-refractivity contribution in [3.8, 4) is 0 Å². The van der Waals surface area contributed by atoms with E-state index in [1.165, 1.54) is 12.1 Å². The minimum absolute atomic E-state index is 0.0765. The van der Waals surface area contributed by atoms with Crippen molar-refractivity contribution in [1.29, 1.82) is 0 Å². The summed E-state index contributed by atoms with van der Waals surface area (Å²) in [7, 11) is 1.57. The molecule has 0 N–H and O–H groups in total. The predicted octanol–water partition coefficient (Wildman–Crippen LogP) is 3.33. The Morgan fingerprint density at radius 3 is 2.81 bits per heavy atom. The monoisotopic (exact) mass is 244 g/mol. The molecular weight excluding hydrogens is 231 g/mol. The van der Waals surface area contributed by atoms with Gasteiger partial charge >= 0.3 is 0 Å². The lowest BCUT2D eigenvalue weighted by molar-refractivity contribution is 0.0916. The first-order chi connectivity index (χ1) is 7.54. The Morgan fingerprint density at radius 2 is 2.25 bits per heavy atom. The van der Waals surface area contributed by atoms with Gasteiger partial charge in [-0.05, 0) is 24.1 Å². The van der Waals surface area contributed by atoms with Crippen LogP contribution in [-0.4, -0.2) is 19.5 Å². The molecule has 1 aromatic rings. The Labute approximate surface area is 99.4 Å². The highest BCUT2D eigenvalue weighted by Gasteiger charge is 2.15. The number of ether oxygens (including phenoxy) is 1. The molecule has 1 rings (SSSR count). The number of methoxy groups -OCH3 is 1. The molecule has 0 aliphatic rings. The van der Waals surface area contributed by atoms with Crippen LogP contribution in [0.15, 0.2) is 18.2 Å². The summed E-state index contributed by atoms with van der Waals surface area (Å²) in [6, 6.07) is 4.08. The standard InChI is InChI=1S/C12H14ClFO2/c1-8(7-16-2)5-12(15)10-4-3-9(13)6-11(10)14/h3-4,6,8H,5,7H2,1-2H3. The van der Waals surface area contributed by atoms with Crippen LogP contribution in [0.5, 0.6) is 0 Å². The fourth-order valence-corrected chi connectivity index (χ4v) is 1.64. The Bertz CT molecular complexity index is 379. The second-order valence-electron chi connectivity index (χ2n) is 3.81. The molecule has 16 heavy (non-hydrogen) atoms. The van der Waals surface area contributed by atoms with Crippen LogP contribution in [0.1, 0.15) is 23.7 Å². The van der Waals surface area contributed by atoms with Gasteiger partial charge in [0.1, 0.15) is 5.82 Å². The van der Waals surface area contributed by atoms with Crippen LogP contribution in [0, 0.1) is 11.7 Å². The second kappa shape index (κ2) is 5.97. The van der Waals surface area contributed by atoms with E-state index in [1.54, 1.807) is 7.11 Å². The maximum Gasteiger partial charge on any atom is 0.166 e. The van der Waals surface area contributed by atoms with Gasteiger partial charge in [-0.15, -0.1) is 0 Å². The molecule has 0 amide bonds. The number of carbonyl (C=O) groups excluding carboxylic acids is 1. The van der Waals surface area contributed by atoms with Crippen molar-refractivity contribution >= 4 is 17.4 Å². The van der Waals surface area contributed by atoms with Gasteiger partial charge in [0.05, 0.1) is 5.56 Å². The minimum Gasteiger partial charge on any atom is -0.384 e. The number of benzene rings is 1. The summed E-state index contributed by atoms with van der Waals surface area (Å²) in [5.41, 5.74) is 0.0901. The Hall–Kier alpha value is -0.930. The van der Waals surface area contributed by atoms with Crippen LogP contribution < -0.4 is 0 Å². The maximum atomic E-state index is 13.4. The fraction of sp³-hybridized carbons (Fsp3) is 0.417. The summed E-state index contributed by atoms with van der Waals surface area (Å²) in [6.07, 6.45) is 0.270. The molecule has 0 saturated heterocycles. The highest BCUT2D eigenvalue weighted by Crippen LogP contribution is 2.17. The third-order valence-electron chi connectivity index (χ3n) is 2.22. The van der Waals surface area contributed by atoms with Gasteiger partial charge in [0, 0.05) is 25.2 Å². The van der Waals surface area contributed by atoms with Crippen LogP contribution in [0.4, 0.5) is 4.39 Å². The highest BCUT2D eigenvalue weighted by atomic mass is 35.5. The first kappa shape index (κ1) is 13.1. The number of carbonyl (C=O) groups is 1. The van der Waals surface area contributed by atoms with E-state index in [0.717, 1.165) is 6.07 Å². The van der Waals surface area contributed by atoms with Crippen LogP contribution in [0.3, 0.4) is 0 Å². The van der Waals surface area contributed by atoms with E-state index in [1.807, 2.05) is 6.92 Å². The van der Waals surface area contributed by atoms with E-state index in [0.29, 0.717) is 11.6 Å². The number of hydrogen-bond acceptors (Lipinski definition) is 2. The molecule has 0 bridgehead atoms. The van der Waals surface area contributed by atoms with Gasteiger partial charge in [0.2, 0.25) is 0 Å². The summed E-state index contributed by atoms with van der Waals surface area (Å²) >= 11 is 5.61. The molecule has 0 fully saturated rings. The molecule has 0 aliphatic carbocycles. The van der Waals surface area contributed by atoms with Crippen molar-refractivity contribution in [2.75, 3.05) is 13.7 Å². The van der Waals surface area contributed by atoms with Gasteiger partial charge in [-0.25, -0.2) is 4.39 Å². The van der Waals surface area contributed by atoms with Gasteiger partial charge in [0.15, 0.2) is 5.78 Å². The lowest BCUT2D eigenvalue weighted by Gasteiger charge is -2.09.